The van der Waals surface area contributed by atoms with E-state index in [-0.39, 0.29) is 23.8 Å². The number of amides is 2. The molecule has 17 heavy (non-hydrogen) atoms. The Bertz CT molecular complexity index is 427. The van der Waals surface area contributed by atoms with Gasteiger partial charge < -0.3 is 10.6 Å². The molecule has 90 valence electrons. The van der Waals surface area contributed by atoms with E-state index in [9.17, 15) is 9.59 Å². The Labute approximate surface area is 99.6 Å². The molecule has 1 aromatic heterocycles. The molecule has 2 amide bonds. The van der Waals surface area contributed by atoms with E-state index in [2.05, 4.69) is 15.6 Å². The average molecular weight is 233 g/mol. The van der Waals surface area contributed by atoms with Crippen molar-refractivity contribution >= 4 is 17.6 Å². The molecule has 1 aromatic rings. The molecule has 0 unspecified atom stereocenters. The molecule has 0 radical (unpaired) electrons. The number of hydrogen-bond donors (Lipinski definition) is 2. The molecule has 1 fully saturated rings. The molecule has 1 saturated carbocycles. The number of carbonyl (C=O) groups excluding carboxylic acids is 2. The number of anilines is 1. The Hall–Kier alpha value is -1.91. The van der Waals surface area contributed by atoms with Crippen LogP contribution in [-0.4, -0.2) is 23.3 Å². The highest BCUT2D eigenvalue weighted by Gasteiger charge is 2.44. The van der Waals surface area contributed by atoms with E-state index >= 15 is 0 Å². The number of hydrogen-bond acceptors (Lipinski definition) is 3. The molecule has 0 aromatic carbocycles. The van der Waals surface area contributed by atoms with Crippen LogP contribution < -0.4 is 10.6 Å². The van der Waals surface area contributed by atoms with Gasteiger partial charge in [-0.2, -0.15) is 0 Å². The summed E-state index contributed by atoms with van der Waals surface area (Å²) in [6.45, 7) is 1.89. The van der Waals surface area contributed by atoms with E-state index in [4.69, 9.17) is 0 Å². The van der Waals surface area contributed by atoms with Crippen LogP contribution in [0.2, 0.25) is 0 Å². The van der Waals surface area contributed by atoms with E-state index in [0.717, 1.165) is 12.8 Å². The Morgan fingerprint density at radius 1 is 1.41 bits per heavy atom. The standard InChI is InChI=1S/C12H15N3O2/c1-12(5-6-12)11(17)14-8-10(16)15-9-4-2-3-7-13-9/h2-4,7H,5-6,8H2,1H3,(H,14,17)(H,13,15,16). The van der Waals surface area contributed by atoms with Crippen molar-refractivity contribution in [3.63, 3.8) is 0 Å². The summed E-state index contributed by atoms with van der Waals surface area (Å²) in [5.41, 5.74) is -0.245. The molecular formula is C12H15N3O2. The van der Waals surface area contributed by atoms with Gasteiger partial charge >= 0.3 is 0 Å². The predicted octanol–water partition coefficient (Wildman–Crippen LogP) is 0.936. The van der Waals surface area contributed by atoms with Crippen LogP contribution in [-0.2, 0) is 9.59 Å². The molecule has 2 rings (SSSR count). The van der Waals surface area contributed by atoms with Crippen molar-refractivity contribution in [2.24, 2.45) is 5.41 Å². The smallest absolute Gasteiger partial charge is 0.244 e. The highest BCUT2D eigenvalue weighted by atomic mass is 16.2. The molecule has 2 N–H and O–H groups in total. The molecule has 5 heteroatoms. The number of carbonyl (C=O) groups is 2. The lowest BCUT2D eigenvalue weighted by molar-refractivity contribution is -0.127. The molecule has 1 aliphatic rings. The number of nitrogens with zero attached hydrogens (tertiary/aromatic N) is 1. The van der Waals surface area contributed by atoms with Gasteiger partial charge in [-0.25, -0.2) is 4.98 Å². The second-order valence-electron chi connectivity index (χ2n) is 4.51. The van der Waals surface area contributed by atoms with Crippen molar-refractivity contribution in [3.05, 3.63) is 24.4 Å². The molecule has 5 nitrogen and oxygen atoms in total. The van der Waals surface area contributed by atoms with Crippen LogP contribution in [0.15, 0.2) is 24.4 Å². The molecular weight excluding hydrogens is 218 g/mol. The summed E-state index contributed by atoms with van der Waals surface area (Å²) in [6, 6.07) is 5.25. The summed E-state index contributed by atoms with van der Waals surface area (Å²) < 4.78 is 0. The monoisotopic (exact) mass is 233 g/mol. The Kier molecular flexibility index (Phi) is 3.08. The van der Waals surface area contributed by atoms with Gasteiger partial charge in [0.25, 0.3) is 0 Å². The van der Waals surface area contributed by atoms with Crippen LogP contribution in [0, 0.1) is 5.41 Å². The summed E-state index contributed by atoms with van der Waals surface area (Å²) in [7, 11) is 0. The van der Waals surface area contributed by atoms with Gasteiger partial charge in [0.05, 0.1) is 6.54 Å². The van der Waals surface area contributed by atoms with Crippen molar-refractivity contribution in [3.8, 4) is 0 Å². The van der Waals surface area contributed by atoms with Gasteiger partial charge in [0, 0.05) is 11.6 Å². The predicted molar refractivity (Wildman–Crippen MR) is 63.2 cm³/mol. The summed E-state index contributed by atoms with van der Waals surface area (Å²) in [5.74, 6) is 0.180. The van der Waals surface area contributed by atoms with E-state index in [1.54, 1.807) is 24.4 Å². The van der Waals surface area contributed by atoms with Gasteiger partial charge in [-0.1, -0.05) is 13.0 Å². The molecule has 1 heterocycles. The zero-order chi connectivity index (χ0) is 12.3. The molecule has 0 aliphatic heterocycles. The maximum Gasteiger partial charge on any atom is 0.244 e. The minimum Gasteiger partial charge on any atom is -0.347 e. The van der Waals surface area contributed by atoms with Gasteiger partial charge in [-0.15, -0.1) is 0 Å². The second kappa shape index (κ2) is 4.53. The zero-order valence-electron chi connectivity index (χ0n) is 9.69. The maximum absolute atomic E-state index is 11.6. The first kappa shape index (κ1) is 11.6. The summed E-state index contributed by atoms with van der Waals surface area (Å²) >= 11 is 0. The quantitative estimate of drug-likeness (QED) is 0.813. The lowest BCUT2D eigenvalue weighted by atomic mass is 10.1. The first-order valence-corrected chi connectivity index (χ1v) is 5.59. The fourth-order valence-corrected chi connectivity index (χ4v) is 1.41. The highest BCUT2D eigenvalue weighted by Crippen LogP contribution is 2.44. The lowest BCUT2D eigenvalue weighted by Crippen LogP contribution is -2.36. The lowest BCUT2D eigenvalue weighted by Gasteiger charge is -2.09. The van der Waals surface area contributed by atoms with Crippen molar-refractivity contribution < 1.29 is 9.59 Å². The van der Waals surface area contributed by atoms with Crippen LogP contribution >= 0.6 is 0 Å². The van der Waals surface area contributed by atoms with Crippen molar-refractivity contribution in [2.75, 3.05) is 11.9 Å². The van der Waals surface area contributed by atoms with Gasteiger partial charge in [-0.3, -0.25) is 9.59 Å². The van der Waals surface area contributed by atoms with E-state index < -0.39 is 0 Å². The van der Waals surface area contributed by atoms with Crippen LogP contribution in [0.25, 0.3) is 0 Å². The second-order valence-corrected chi connectivity index (χ2v) is 4.51. The topological polar surface area (TPSA) is 71.1 Å². The van der Waals surface area contributed by atoms with Crippen LogP contribution in [0.1, 0.15) is 19.8 Å². The number of aromatic nitrogens is 1. The number of pyridine rings is 1. The minimum atomic E-state index is -0.263. The van der Waals surface area contributed by atoms with E-state index in [0.29, 0.717) is 5.82 Å². The zero-order valence-corrected chi connectivity index (χ0v) is 9.69. The normalized spacial score (nSPS) is 16.1. The molecule has 1 aliphatic carbocycles. The number of rotatable bonds is 4. The van der Waals surface area contributed by atoms with Gasteiger partial charge in [0.15, 0.2) is 0 Å². The first-order chi connectivity index (χ1) is 8.10. The molecule has 0 spiro atoms. The fourth-order valence-electron chi connectivity index (χ4n) is 1.41. The number of nitrogens with one attached hydrogen (secondary N) is 2. The molecule has 0 atom stereocenters. The summed E-state index contributed by atoms with van der Waals surface area (Å²) in [5, 5.41) is 5.23. The first-order valence-electron chi connectivity index (χ1n) is 5.59. The summed E-state index contributed by atoms with van der Waals surface area (Å²) in [4.78, 5) is 27.0. The maximum atomic E-state index is 11.6. The third-order valence-electron chi connectivity index (χ3n) is 2.89. The average Bonchev–Trinajstić information content (AvgIpc) is 3.07. The SMILES string of the molecule is CC1(C(=O)NCC(=O)Nc2ccccn2)CC1. The third kappa shape index (κ3) is 3.03. The molecule has 0 bridgehead atoms. The van der Waals surface area contributed by atoms with Crippen molar-refractivity contribution in [1.29, 1.82) is 0 Å². The summed E-state index contributed by atoms with van der Waals surface area (Å²) in [6.07, 6.45) is 3.40. The Morgan fingerprint density at radius 2 is 2.18 bits per heavy atom. The highest BCUT2D eigenvalue weighted by molar-refractivity contribution is 5.95. The molecule has 0 saturated heterocycles. The van der Waals surface area contributed by atoms with Gasteiger partial charge in [0.2, 0.25) is 11.8 Å². The fraction of sp³-hybridized carbons (Fsp3) is 0.417. The van der Waals surface area contributed by atoms with Gasteiger partial charge in [0.1, 0.15) is 5.82 Å². The van der Waals surface area contributed by atoms with Crippen molar-refractivity contribution in [2.45, 2.75) is 19.8 Å². The minimum absolute atomic E-state index is 0.00893. The van der Waals surface area contributed by atoms with Crippen LogP contribution in [0.3, 0.4) is 0 Å². The van der Waals surface area contributed by atoms with Crippen LogP contribution in [0.4, 0.5) is 5.82 Å². The van der Waals surface area contributed by atoms with Crippen molar-refractivity contribution in [1.82, 2.24) is 10.3 Å². The van der Waals surface area contributed by atoms with Crippen LogP contribution in [0.5, 0.6) is 0 Å². The third-order valence-corrected chi connectivity index (χ3v) is 2.89. The largest absolute Gasteiger partial charge is 0.347 e. The Morgan fingerprint density at radius 3 is 2.76 bits per heavy atom. The van der Waals surface area contributed by atoms with E-state index in [1.807, 2.05) is 6.92 Å². The Balaban J connectivity index is 1.76. The van der Waals surface area contributed by atoms with E-state index in [1.165, 1.54) is 0 Å². The van der Waals surface area contributed by atoms with Gasteiger partial charge in [-0.05, 0) is 25.0 Å².